The van der Waals surface area contributed by atoms with Crippen molar-refractivity contribution in [2.24, 2.45) is 16.3 Å². The Hall–Kier alpha value is -1.35. The first-order chi connectivity index (χ1) is 12.5. The van der Waals surface area contributed by atoms with E-state index in [1.165, 1.54) is 6.07 Å². The zero-order valence-electron chi connectivity index (χ0n) is 16.0. The monoisotopic (exact) mass is 486 g/mol. The molecule has 0 amide bonds. The number of hydrogen-bond acceptors (Lipinski definition) is 2. The molecule has 1 saturated heterocycles. The highest BCUT2D eigenvalue weighted by molar-refractivity contribution is 14.0. The number of nitrogens with one attached hydrogen (secondary N) is 3. The predicted octanol–water partition coefficient (Wildman–Crippen LogP) is 3.45. The average Bonchev–Trinajstić information content (AvgIpc) is 3.23. The summed E-state index contributed by atoms with van der Waals surface area (Å²) in [6, 6.07) is 5.22. The van der Waals surface area contributed by atoms with Crippen molar-refractivity contribution in [2.75, 3.05) is 20.2 Å². The molecule has 1 aromatic heterocycles. The maximum atomic E-state index is 13.5. The van der Waals surface area contributed by atoms with Crippen LogP contribution in [0.15, 0.2) is 29.4 Å². The number of benzene rings is 1. The number of guanidine groups is 1. The minimum Gasteiger partial charge on any atom is -0.377 e. The Morgan fingerprint density at radius 2 is 2.22 bits per heavy atom. The molecule has 2 aliphatic rings. The molecule has 3 atom stereocenters. The van der Waals surface area contributed by atoms with Crippen LogP contribution in [0, 0.1) is 17.2 Å². The lowest BCUT2D eigenvalue weighted by molar-refractivity contribution is -0.106. The molecule has 5 nitrogen and oxygen atoms in total. The van der Waals surface area contributed by atoms with E-state index in [1.807, 2.05) is 6.20 Å². The highest BCUT2D eigenvalue weighted by atomic mass is 127. The predicted molar refractivity (Wildman–Crippen MR) is 117 cm³/mol. The van der Waals surface area contributed by atoms with Crippen LogP contribution >= 0.6 is 24.0 Å². The summed E-state index contributed by atoms with van der Waals surface area (Å²) in [5.41, 5.74) is 2.19. The Bertz CT molecular complexity index is 834. The minimum atomic E-state index is -0.204. The smallest absolute Gasteiger partial charge is 0.191 e. The molecule has 3 N–H and O–H groups in total. The van der Waals surface area contributed by atoms with E-state index in [9.17, 15) is 4.39 Å². The highest BCUT2D eigenvalue weighted by Crippen LogP contribution is 2.52. The van der Waals surface area contributed by atoms with E-state index in [2.05, 4.69) is 34.5 Å². The zero-order chi connectivity index (χ0) is 18.3. The molecule has 2 aromatic rings. The second-order valence-corrected chi connectivity index (χ2v) is 7.94. The fourth-order valence-electron chi connectivity index (χ4n) is 4.63. The summed E-state index contributed by atoms with van der Waals surface area (Å²) in [4.78, 5) is 7.57. The van der Waals surface area contributed by atoms with Crippen molar-refractivity contribution in [1.29, 1.82) is 0 Å². The fraction of sp³-hybridized carbons (Fsp3) is 0.550. The van der Waals surface area contributed by atoms with Gasteiger partial charge in [-0.2, -0.15) is 0 Å². The van der Waals surface area contributed by atoms with Gasteiger partial charge in [0, 0.05) is 54.7 Å². The van der Waals surface area contributed by atoms with Gasteiger partial charge in [0.15, 0.2) is 5.96 Å². The third-order valence-corrected chi connectivity index (χ3v) is 6.03. The van der Waals surface area contributed by atoms with E-state index in [-0.39, 0.29) is 35.2 Å². The van der Waals surface area contributed by atoms with Gasteiger partial charge >= 0.3 is 0 Å². The van der Waals surface area contributed by atoms with Crippen LogP contribution in [0.5, 0.6) is 0 Å². The number of aromatic nitrogens is 1. The fourth-order valence-corrected chi connectivity index (χ4v) is 4.63. The van der Waals surface area contributed by atoms with Crippen molar-refractivity contribution in [3.63, 3.8) is 0 Å². The van der Waals surface area contributed by atoms with E-state index >= 15 is 0 Å². The molecule has 0 radical (unpaired) electrons. The van der Waals surface area contributed by atoms with Crippen molar-refractivity contribution in [3.05, 3.63) is 35.8 Å². The van der Waals surface area contributed by atoms with Gasteiger partial charge in [-0.1, -0.05) is 13.8 Å². The maximum Gasteiger partial charge on any atom is 0.191 e. The third-order valence-electron chi connectivity index (χ3n) is 6.03. The normalized spacial score (nSPS) is 26.2. The molecule has 2 heterocycles. The molecule has 148 valence electrons. The van der Waals surface area contributed by atoms with E-state index < -0.39 is 0 Å². The molecule has 2 fully saturated rings. The van der Waals surface area contributed by atoms with Gasteiger partial charge in [-0.05, 0) is 36.6 Å². The summed E-state index contributed by atoms with van der Waals surface area (Å²) in [6.07, 6.45) is 4.23. The SMILES string of the molecule is CN=C(NCCc1c[nH]c2ccc(F)cc12)NC1C2CCOC2C1(C)C.I. The quantitative estimate of drug-likeness (QED) is 0.353. The van der Waals surface area contributed by atoms with Gasteiger partial charge in [0.1, 0.15) is 5.82 Å². The molecule has 27 heavy (non-hydrogen) atoms. The Balaban J connectivity index is 0.00000210. The van der Waals surface area contributed by atoms with Crippen LogP contribution in [0.4, 0.5) is 4.39 Å². The molecular weight excluding hydrogens is 458 g/mol. The minimum absolute atomic E-state index is 0. The van der Waals surface area contributed by atoms with Gasteiger partial charge < -0.3 is 20.4 Å². The van der Waals surface area contributed by atoms with E-state index in [0.717, 1.165) is 48.4 Å². The van der Waals surface area contributed by atoms with Crippen LogP contribution in [0.1, 0.15) is 25.8 Å². The lowest BCUT2D eigenvalue weighted by Gasteiger charge is -2.54. The summed E-state index contributed by atoms with van der Waals surface area (Å²) in [6.45, 7) is 6.11. The van der Waals surface area contributed by atoms with Crippen molar-refractivity contribution >= 4 is 40.8 Å². The number of nitrogens with zero attached hydrogens (tertiary/aromatic N) is 1. The zero-order valence-corrected chi connectivity index (χ0v) is 18.3. The molecule has 4 rings (SSSR count). The largest absolute Gasteiger partial charge is 0.377 e. The Morgan fingerprint density at radius 3 is 3.00 bits per heavy atom. The summed E-state index contributed by atoms with van der Waals surface area (Å²) in [5.74, 6) is 1.18. The Morgan fingerprint density at radius 1 is 1.41 bits per heavy atom. The number of fused-ring (bicyclic) bond motifs is 2. The molecule has 1 aliphatic carbocycles. The van der Waals surface area contributed by atoms with Crippen molar-refractivity contribution in [2.45, 2.75) is 38.8 Å². The number of hydrogen-bond donors (Lipinski definition) is 3. The number of ether oxygens (including phenoxy) is 1. The van der Waals surface area contributed by atoms with Crippen LogP contribution in [0.2, 0.25) is 0 Å². The molecule has 1 saturated carbocycles. The van der Waals surface area contributed by atoms with Gasteiger partial charge in [-0.3, -0.25) is 4.99 Å². The number of aliphatic imine (C=N–C) groups is 1. The summed E-state index contributed by atoms with van der Waals surface area (Å²) in [5, 5.41) is 7.92. The van der Waals surface area contributed by atoms with Crippen molar-refractivity contribution in [3.8, 4) is 0 Å². The van der Waals surface area contributed by atoms with Gasteiger partial charge in [0.25, 0.3) is 0 Å². The van der Waals surface area contributed by atoms with Crippen LogP contribution in [-0.2, 0) is 11.2 Å². The molecular formula is C20H28FIN4O. The van der Waals surface area contributed by atoms with Gasteiger partial charge in [-0.25, -0.2) is 4.39 Å². The molecule has 1 aliphatic heterocycles. The number of halogens is 2. The standard InChI is InChI=1S/C20H27FN4O.HI/c1-20(2)17(14-7-9-26-18(14)20)25-19(22-3)23-8-6-12-11-24-16-5-4-13(21)10-15(12)16;/h4-5,10-11,14,17-18,24H,6-9H2,1-3H3,(H2,22,23,25);1H. The molecule has 0 bridgehead atoms. The first kappa shape index (κ1) is 20.4. The van der Waals surface area contributed by atoms with Crippen molar-refractivity contribution in [1.82, 2.24) is 15.6 Å². The van der Waals surface area contributed by atoms with Gasteiger partial charge in [0.2, 0.25) is 0 Å². The second kappa shape index (κ2) is 7.95. The maximum absolute atomic E-state index is 13.5. The summed E-state index contributed by atoms with van der Waals surface area (Å²) >= 11 is 0. The van der Waals surface area contributed by atoms with E-state index in [0.29, 0.717) is 18.1 Å². The number of H-pyrrole nitrogens is 1. The number of aromatic amines is 1. The Kier molecular flexibility index (Phi) is 6.00. The lowest BCUT2D eigenvalue weighted by Crippen LogP contribution is -2.68. The van der Waals surface area contributed by atoms with Gasteiger partial charge in [0.05, 0.1) is 6.10 Å². The average molecular weight is 486 g/mol. The summed E-state index contributed by atoms with van der Waals surface area (Å²) < 4.78 is 19.4. The first-order valence-corrected chi connectivity index (χ1v) is 9.35. The molecule has 3 unspecified atom stereocenters. The molecule has 7 heteroatoms. The third kappa shape index (κ3) is 3.68. The molecule has 1 aromatic carbocycles. The van der Waals surface area contributed by atoms with Crippen LogP contribution in [0.3, 0.4) is 0 Å². The van der Waals surface area contributed by atoms with E-state index in [1.54, 1.807) is 19.2 Å². The highest BCUT2D eigenvalue weighted by Gasteiger charge is 2.59. The Labute approximate surface area is 176 Å². The lowest BCUT2D eigenvalue weighted by atomic mass is 9.57. The summed E-state index contributed by atoms with van der Waals surface area (Å²) in [7, 11) is 1.80. The second-order valence-electron chi connectivity index (χ2n) is 7.94. The van der Waals surface area contributed by atoms with Crippen LogP contribution < -0.4 is 10.6 Å². The first-order valence-electron chi connectivity index (χ1n) is 9.35. The molecule has 0 spiro atoms. The number of rotatable bonds is 4. The van der Waals surface area contributed by atoms with Crippen LogP contribution in [-0.4, -0.2) is 43.3 Å². The van der Waals surface area contributed by atoms with Crippen LogP contribution in [0.25, 0.3) is 10.9 Å². The van der Waals surface area contributed by atoms with E-state index in [4.69, 9.17) is 4.74 Å². The van der Waals surface area contributed by atoms with Crippen molar-refractivity contribution < 1.29 is 9.13 Å². The topological polar surface area (TPSA) is 61.4 Å². The van der Waals surface area contributed by atoms with Gasteiger partial charge in [-0.15, -0.1) is 24.0 Å².